The molecule has 2 nitrogen and oxygen atoms in total. The first-order chi connectivity index (χ1) is 8.60. The zero-order valence-electron chi connectivity index (χ0n) is 9.58. The summed E-state index contributed by atoms with van der Waals surface area (Å²) in [7, 11) is 0. The monoisotopic (exact) mass is 321 g/mol. The van der Waals surface area contributed by atoms with Crippen LogP contribution in [0.15, 0.2) is 40.9 Å². The van der Waals surface area contributed by atoms with Crippen molar-refractivity contribution >= 4 is 27.5 Å². The topological polar surface area (TPSA) is 33.0 Å². The Hall–Kier alpha value is -1.50. The SMILES string of the molecule is Cc1ccc(Oc2ccc(Cl)cc2C#N)c(Br)c1. The van der Waals surface area contributed by atoms with Crippen LogP contribution >= 0.6 is 27.5 Å². The Kier molecular flexibility index (Phi) is 3.90. The number of hydrogen-bond donors (Lipinski definition) is 0. The van der Waals surface area contributed by atoms with Gasteiger partial charge in [0, 0.05) is 5.02 Å². The standard InChI is InChI=1S/C14H9BrClNO/c1-9-2-4-14(12(15)6-9)18-13-5-3-11(16)7-10(13)8-17/h2-7H,1H3. The van der Waals surface area contributed by atoms with E-state index in [-0.39, 0.29) is 0 Å². The maximum Gasteiger partial charge on any atom is 0.145 e. The molecule has 0 aliphatic rings. The third-order valence-corrected chi connectivity index (χ3v) is 3.22. The fourth-order valence-corrected chi connectivity index (χ4v) is 2.23. The van der Waals surface area contributed by atoms with E-state index in [0.29, 0.717) is 22.1 Å². The maximum absolute atomic E-state index is 9.03. The van der Waals surface area contributed by atoms with Gasteiger partial charge < -0.3 is 4.74 Å². The summed E-state index contributed by atoms with van der Waals surface area (Å²) in [6.07, 6.45) is 0. The average molecular weight is 323 g/mol. The molecular formula is C14H9BrClNO. The van der Waals surface area contributed by atoms with Crippen LogP contribution in [0, 0.1) is 18.3 Å². The van der Waals surface area contributed by atoms with E-state index in [9.17, 15) is 0 Å². The van der Waals surface area contributed by atoms with Crippen LogP contribution in [0.25, 0.3) is 0 Å². The van der Waals surface area contributed by atoms with Crippen molar-refractivity contribution < 1.29 is 4.74 Å². The number of halogens is 2. The Labute approximate surface area is 119 Å². The third-order valence-electron chi connectivity index (χ3n) is 2.37. The molecule has 0 aliphatic heterocycles. The summed E-state index contributed by atoms with van der Waals surface area (Å²) in [4.78, 5) is 0. The van der Waals surface area contributed by atoms with E-state index in [0.717, 1.165) is 10.0 Å². The maximum atomic E-state index is 9.03. The summed E-state index contributed by atoms with van der Waals surface area (Å²) in [5, 5.41) is 9.55. The zero-order chi connectivity index (χ0) is 13.1. The molecular weight excluding hydrogens is 314 g/mol. The summed E-state index contributed by atoms with van der Waals surface area (Å²) in [6, 6.07) is 12.8. The van der Waals surface area contributed by atoms with E-state index in [4.69, 9.17) is 21.6 Å². The lowest BCUT2D eigenvalue weighted by molar-refractivity contribution is 0.478. The van der Waals surface area contributed by atoms with Crippen LogP contribution in [0.4, 0.5) is 0 Å². The Balaban J connectivity index is 2.37. The van der Waals surface area contributed by atoms with Crippen LogP contribution < -0.4 is 4.74 Å². The molecule has 4 heteroatoms. The van der Waals surface area contributed by atoms with Crippen molar-refractivity contribution in [3.63, 3.8) is 0 Å². The Morgan fingerprint density at radius 3 is 2.56 bits per heavy atom. The quantitative estimate of drug-likeness (QED) is 0.773. The number of nitrogens with zero attached hydrogens (tertiary/aromatic N) is 1. The first-order valence-corrected chi connectivity index (χ1v) is 6.41. The van der Waals surface area contributed by atoms with E-state index in [1.807, 2.05) is 25.1 Å². The molecule has 0 aliphatic carbocycles. The van der Waals surface area contributed by atoms with Gasteiger partial charge in [-0.25, -0.2) is 0 Å². The lowest BCUT2D eigenvalue weighted by atomic mass is 10.2. The highest BCUT2D eigenvalue weighted by Gasteiger charge is 2.08. The van der Waals surface area contributed by atoms with Crippen molar-refractivity contribution in [1.29, 1.82) is 5.26 Å². The minimum absolute atomic E-state index is 0.412. The van der Waals surface area contributed by atoms with E-state index in [1.165, 1.54) is 0 Å². The fraction of sp³-hybridized carbons (Fsp3) is 0.0714. The van der Waals surface area contributed by atoms with Gasteiger partial charge in [-0.2, -0.15) is 5.26 Å². The second kappa shape index (κ2) is 5.43. The van der Waals surface area contributed by atoms with Gasteiger partial charge in [-0.05, 0) is 58.7 Å². The zero-order valence-corrected chi connectivity index (χ0v) is 11.9. The number of aryl methyl sites for hydroxylation is 1. The molecule has 0 saturated carbocycles. The van der Waals surface area contributed by atoms with Crippen molar-refractivity contribution in [2.24, 2.45) is 0 Å². The average Bonchev–Trinajstić information content (AvgIpc) is 2.34. The number of nitriles is 1. The second-order valence-electron chi connectivity index (χ2n) is 3.79. The van der Waals surface area contributed by atoms with Gasteiger partial charge in [-0.3, -0.25) is 0 Å². The minimum atomic E-state index is 0.412. The number of rotatable bonds is 2. The van der Waals surface area contributed by atoms with Gasteiger partial charge >= 0.3 is 0 Å². The molecule has 2 aromatic rings. The molecule has 2 rings (SSSR count). The summed E-state index contributed by atoms with van der Waals surface area (Å²) < 4.78 is 6.56. The van der Waals surface area contributed by atoms with Crippen molar-refractivity contribution in [3.05, 3.63) is 57.0 Å². The highest BCUT2D eigenvalue weighted by atomic mass is 79.9. The predicted molar refractivity (Wildman–Crippen MR) is 75.1 cm³/mol. The van der Waals surface area contributed by atoms with Crippen LogP contribution in [-0.2, 0) is 0 Å². The molecule has 18 heavy (non-hydrogen) atoms. The van der Waals surface area contributed by atoms with Crippen molar-refractivity contribution in [2.75, 3.05) is 0 Å². The molecule has 0 heterocycles. The Morgan fingerprint density at radius 1 is 1.17 bits per heavy atom. The minimum Gasteiger partial charge on any atom is -0.455 e. The highest BCUT2D eigenvalue weighted by molar-refractivity contribution is 9.10. The lowest BCUT2D eigenvalue weighted by Gasteiger charge is -2.09. The first-order valence-electron chi connectivity index (χ1n) is 5.24. The number of benzene rings is 2. The Morgan fingerprint density at radius 2 is 1.89 bits per heavy atom. The van der Waals surface area contributed by atoms with E-state index in [2.05, 4.69) is 22.0 Å². The molecule has 90 valence electrons. The Bertz CT molecular complexity index is 634. The molecule has 0 N–H and O–H groups in total. The van der Waals surface area contributed by atoms with Crippen LogP contribution in [0.2, 0.25) is 5.02 Å². The van der Waals surface area contributed by atoms with Crippen molar-refractivity contribution in [1.82, 2.24) is 0 Å². The van der Waals surface area contributed by atoms with E-state index in [1.54, 1.807) is 18.2 Å². The fourth-order valence-electron chi connectivity index (χ4n) is 1.49. The third kappa shape index (κ3) is 2.84. The van der Waals surface area contributed by atoms with Gasteiger partial charge in [-0.15, -0.1) is 0 Å². The summed E-state index contributed by atoms with van der Waals surface area (Å²) in [5.41, 5.74) is 1.54. The van der Waals surface area contributed by atoms with Gasteiger partial charge in [0.1, 0.15) is 17.6 Å². The molecule has 0 spiro atoms. The molecule has 0 amide bonds. The molecule has 0 fully saturated rings. The highest BCUT2D eigenvalue weighted by Crippen LogP contribution is 2.32. The largest absolute Gasteiger partial charge is 0.455 e. The van der Waals surface area contributed by atoms with Gasteiger partial charge in [0.25, 0.3) is 0 Å². The van der Waals surface area contributed by atoms with E-state index < -0.39 is 0 Å². The smallest absolute Gasteiger partial charge is 0.145 e. The molecule has 0 unspecified atom stereocenters. The molecule has 0 aromatic heterocycles. The second-order valence-corrected chi connectivity index (χ2v) is 5.08. The molecule has 2 aromatic carbocycles. The van der Waals surface area contributed by atoms with Gasteiger partial charge in [0.15, 0.2) is 0 Å². The summed E-state index contributed by atoms with van der Waals surface area (Å²) in [5.74, 6) is 1.16. The van der Waals surface area contributed by atoms with E-state index >= 15 is 0 Å². The van der Waals surface area contributed by atoms with Gasteiger partial charge in [-0.1, -0.05) is 17.7 Å². The van der Waals surface area contributed by atoms with Crippen LogP contribution in [-0.4, -0.2) is 0 Å². The normalized spacial score (nSPS) is 9.89. The lowest BCUT2D eigenvalue weighted by Crippen LogP contribution is -1.89. The molecule has 0 radical (unpaired) electrons. The number of hydrogen-bond acceptors (Lipinski definition) is 2. The predicted octanol–water partition coefficient (Wildman–Crippen LogP) is 5.07. The van der Waals surface area contributed by atoms with Crippen LogP contribution in [0.1, 0.15) is 11.1 Å². The number of ether oxygens (including phenoxy) is 1. The molecule has 0 bridgehead atoms. The van der Waals surface area contributed by atoms with Crippen LogP contribution in [0.5, 0.6) is 11.5 Å². The van der Waals surface area contributed by atoms with Gasteiger partial charge in [0.05, 0.1) is 10.0 Å². The van der Waals surface area contributed by atoms with Crippen molar-refractivity contribution in [2.45, 2.75) is 6.92 Å². The van der Waals surface area contributed by atoms with Crippen LogP contribution in [0.3, 0.4) is 0 Å². The molecule has 0 atom stereocenters. The van der Waals surface area contributed by atoms with Crippen molar-refractivity contribution in [3.8, 4) is 17.6 Å². The van der Waals surface area contributed by atoms with Gasteiger partial charge in [0.2, 0.25) is 0 Å². The summed E-state index contributed by atoms with van der Waals surface area (Å²) >= 11 is 9.27. The molecule has 0 saturated heterocycles. The first kappa shape index (κ1) is 12.9. The summed E-state index contributed by atoms with van der Waals surface area (Å²) in [6.45, 7) is 2.00.